The summed E-state index contributed by atoms with van der Waals surface area (Å²) in [6.45, 7) is 2.57. The molecule has 0 aliphatic rings. The number of anilines is 1. The van der Waals surface area contributed by atoms with Gasteiger partial charge >= 0.3 is 0 Å². The Balaban J connectivity index is 2.62. The van der Waals surface area contributed by atoms with Crippen LogP contribution in [-0.2, 0) is 16.4 Å². The Morgan fingerprint density at radius 1 is 1.24 bits per heavy atom. The molecule has 0 aliphatic heterocycles. The van der Waals surface area contributed by atoms with Crippen molar-refractivity contribution in [3.63, 3.8) is 0 Å². The van der Waals surface area contributed by atoms with Gasteiger partial charge in [0, 0.05) is 5.69 Å². The minimum absolute atomic E-state index is 0.175. The molecular formula is C12H20N2O2S. The van der Waals surface area contributed by atoms with Crippen LogP contribution in [0.2, 0.25) is 0 Å². The van der Waals surface area contributed by atoms with Crippen molar-refractivity contribution in [2.75, 3.05) is 17.0 Å². The maximum atomic E-state index is 11.6. The number of rotatable bonds is 7. The molecule has 0 spiro atoms. The van der Waals surface area contributed by atoms with Gasteiger partial charge in [-0.25, -0.2) is 8.42 Å². The summed E-state index contributed by atoms with van der Waals surface area (Å²) in [5.74, 6) is 0.175. The molecule has 0 radical (unpaired) electrons. The first kappa shape index (κ1) is 14.0. The van der Waals surface area contributed by atoms with Crippen LogP contribution in [0.25, 0.3) is 0 Å². The first-order chi connectivity index (χ1) is 8.07. The lowest BCUT2D eigenvalue weighted by molar-refractivity contribution is 0.598. The number of benzene rings is 1. The van der Waals surface area contributed by atoms with E-state index in [4.69, 9.17) is 5.73 Å². The molecule has 5 heteroatoms. The predicted octanol–water partition coefficient (Wildman–Crippen LogP) is 1.73. The van der Waals surface area contributed by atoms with E-state index in [-0.39, 0.29) is 5.75 Å². The highest BCUT2D eigenvalue weighted by molar-refractivity contribution is 7.92. The largest absolute Gasteiger partial charge is 0.330 e. The maximum Gasteiger partial charge on any atom is 0.232 e. The maximum absolute atomic E-state index is 11.6. The van der Waals surface area contributed by atoms with Gasteiger partial charge in [0.05, 0.1) is 5.75 Å². The Morgan fingerprint density at radius 2 is 1.88 bits per heavy atom. The van der Waals surface area contributed by atoms with Gasteiger partial charge in [-0.3, -0.25) is 4.72 Å². The number of unbranched alkanes of at least 4 members (excludes halogenated alkanes) is 1. The molecule has 0 heterocycles. The highest BCUT2D eigenvalue weighted by Gasteiger charge is 2.08. The molecule has 0 atom stereocenters. The van der Waals surface area contributed by atoms with Crippen LogP contribution in [0.4, 0.5) is 5.69 Å². The van der Waals surface area contributed by atoms with E-state index in [1.165, 1.54) is 0 Å². The second-order valence-corrected chi connectivity index (χ2v) is 5.85. The lowest BCUT2D eigenvalue weighted by atomic mass is 10.1. The van der Waals surface area contributed by atoms with Crippen molar-refractivity contribution in [1.82, 2.24) is 0 Å². The standard InChI is InChI=1S/C12H20N2O2S/c1-2-3-10-17(15,16)14-12-6-4-11(5-7-12)8-9-13/h4-7,14H,2-3,8-10,13H2,1H3. The van der Waals surface area contributed by atoms with Crippen molar-refractivity contribution >= 4 is 15.7 Å². The summed E-state index contributed by atoms with van der Waals surface area (Å²) in [4.78, 5) is 0. The number of hydrogen-bond acceptors (Lipinski definition) is 3. The van der Waals surface area contributed by atoms with Crippen LogP contribution in [0.3, 0.4) is 0 Å². The molecule has 0 fully saturated rings. The van der Waals surface area contributed by atoms with Gasteiger partial charge < -0.3 is 5.73 Å². The summed E-state index contributed by atoms with van der Waals surface area (Å²) in [5, 5.41) is 0. The Kier molecular flexibility index (Phi) is 5.44. The molecule has 0 amide bonds. The van der Waals surface area contributed by atoms with Crippen molar-refractivity contribution in [3.8, 4) is 0 Å². The van der Waals surface area contributed by atoms with Gasteiger partial charge in [0.15, 0.2) is 0 Å². The lowest BCUT2D eigenvalue weighted by Gasteiger charge is -2.08. The van der Waals surface area contributed by atoms with Crippen molar-refractivity contribution in [2.24, 2.45) is 5.73 Å². The number of nitrogens with one attached hydrogen (secondary N) is 1. The highest BCUT2D eigenvalue weighted by atomic mass is 32.2. The molecule has 1 aromatic rings. The second-order valence-electron chi connectivity index (χ2n) is 4.01. The minimum atomic E-state index is -3.20. The van der Waals surface area contributed by atoms with Crippen molar-refractivity contribution < 1.29 is 8.42 Å². The molecule has 17 heavy (non-hydrogen) atoms. The third-order valence-electron chi connectivity index (χ3n) is 2.43. The Bertz CT molecular complexity index is 426. The fourth-order valence-corrected chi connectivity index (χ4v) is 2.74. The fraction of sp³-hybridized carbons (Fsp3) is 0.500. The van der Waals surface area contributed by atoms with Crippen molar-refractivity contribution in [3.05, 3.63) is 29.8 Å². The van der Waals surface area contributed by atoms with Gasteiger partial charge in [0.25, 0.3) is 0 Å². The molecule has 1 rings (SSSR count). The van der Waals surface area contributed by atoms with Crippen LogP contribution >= 0.6 is 0 Å². The zero-order valence-electron chi connectivity index (χ0n) is 10.1. The SMILES string of the molecule is CCCCS(=O)(=O)Nc1ccc(CCN)cc1. The number of nitrogens with two attached hydrogens (primary N) is 1. The van der Waals surface area contributed by atoms with Gasteiger partial charge in [-0.15, -0.1) is 0 Å². The molecular weight excluding hydrogens is 236 g/mol. The molecule has 1 aromatic carbocycles. The van der Waals surface area contributed by atoms with Crippen molar-refractivity contribution in [1.29, 1.82) is 0 Å². The zero-order valence-corrected chi connectivity index (χ0v) is 11.0. The molecule has 96 valence electrons. The average Bonchev–Trinajstić information content (AvgIpc) is 2.29. The summed E-state index contributed by atoms with van der Waals surface area (Å²) < 4.78 is 25.8. The quantitative estimate of drug-likeness (QED) is 0.780. The molecule has 3 N–H and O–H groups in total. The van der Waals surface area contributed by atoms with Crippen LogP contribution < -0.4 is 10.5 Å². The predicted molar refractivity (Wildman–Crippen MR) is 71.5 cm³/mol. The van der Waals surface area contributed by atoms with Crippen molar-refractivity contribution in [2.45, 2.75) is 26.2 Å². The third-order valence-corrected chi connectivity index (χ3v) is 3.80. The molecule has 0 aromatic heterocycles. The zero-order chi connectivity index (χ0) is 12.7. The molecule has 4 nitrogen and oxygen atoms in total. The normalized spacial score (nSPS) is 11.4. The van der Waals surface area contributed by atoms with E-state index >= 15 is 0 Å². The summed E-state index contributed by atoms with van der Waals surface area (Å²) >= 11 is 0. The molecule has 0 bridgehead atoms. The topological polar surface area (TPSA) is 72.2 Å². The van der Waals surface area contributed by atoms with Crippen LogP contribution in [0.1, 0.15) is 25.3 Å². The minimum Gasteiger partial charge on any atom is -0.330 e. The van der Waals surface area contributed by atoms with Gasteiger partial charge in [0.1, 0.15) is 0 Å². The molecule has 0 aliphatic carbocycles. The lowest BCUT2D eigenvalue weighted by Crippen LogP contribution is -2.16. The number of sulfonamides is 1. The summed E-state index contributed by atoms with van der Waals surface area (Å²) in [6, 6.07) is 7.33. The van der Waals surface area contributed by atoms with E-state index in [0.29, 0.717) is 18.7 Å². The Morgan fingerprint density at radius 3 is 2.41 bits per heavy atom. The van der Waals surface area contributed by atoms with E-state index in [0.717, 1.165) is 18.4 Å². The van der Waals surface area contributed by atoms with E-state index in [1.54, 1.807) is 12.1 Å². The average molecular weight is 256 g/mol. The van der Waals surface area contributed by atoms with Gasteiger partial charge in [-0.2, -0.15) is 0 Å². The summed E-state index contributed by atoms with van der Waals surface area (Å²) in [5.41, 5.74) is 7.17. The van der Waals surface area contributed by atoms with Crippen LogP contribution in [0.15, 0.2) is 24.3 Å². The second kappa shape index (κ2) is 6.61. The molecule has 0 saturated heterocycles. The van der Waals surface area contributed by atoms with Crippen LogP contribution in [0, 0.1) is 0 Å². The Hall–Kier alpha value is -1.07. The van der Waals surface area contributed by atoms with Gasteiger partial charge in [-0.1, -0.05) is 25.5 Å². The Labute approximate surface area is 103 Å². The summed E-state index contributed by atoms with van der Waals surface area (Å²) in [7, 11) is -3.20. The van der Waals surface area contributed by atoms with E-state index in [2.05, 4.69) is 4.72 Å². The number of hydrogen-bond donors (Lipinski definition) is 2. The van der Waals surface area contributed by atoms with Gasteiger partial charge in [0.2, 0.25) is 10.0 Å². The fourth-order valence-electron chi connectivity index (χ4n) is 1.47. The highest BCUT2D eigenvalue weighted by Crippen LogP contribution is 2.12. The van der Waals surface area contributed by atoms with Crippen LogP contribution in [0.5, 0.6) is 0 Å². The van der Waals surface area contributed by atoms with Crippen LogP contribution in [-0.4, -0.2) is 20.7 Å². The third kappa shape index (κ3) is 5.19. The summed E-state index contributed by atoms with van der Waals surface area (Å²) in [6.07, 6.45) is 2.36. The first-order valence-electron chi connectivity index (χ1n) is 5.87. The smallest absolute Gasteiger partial charge is 0.232 e. The van der Waals surface area contributed by atoms with Gasteiger partial charge in [-0.05, 0) is 37.1 Å². The molecule has 0 unspecified atom stereocenters. The molecule has 0 saturated carbocycles. The van der Waals surface area contributed by atoms with E-state index in [1.807, 2.05) is 19.1 Å². The first-order valence-corrected chi connectivity index (χ1v) is 7.52. The van der Waals surface area contributed by atoms with E-state index in [9.17, 15) is 8.42 Å². The monoisotopic (exact) mass is 256 g/mol. The van der Waals surface area contributed by atoms with E-state index < -0.39 is 10.0 Å².